The summed E-state index contributed by atoms with van der Waals surface area (Å²) in [4.78, 5) is 10.1. The van der Waals surface area contributed by atoms with Crippen LogP contribution in [0, 0.1) is 21.4 Å². The van der Waals surface area contributed by atoms with E-state index in [1.165, 1.54) is 6.07 Å². The number of nitrogens with one attached hydrogen (secondary N) is 1. The van der Waals surface area contributed by atoms with E-state index in [1.54, 1.807) is 30.3 Å². The fourth-order valence-electron chi connectivity index (χ4n) is 2.25. The predicted octanol–water partition coefficient (Wildman–Crippen LogP) is 2.55. The summed E-state index contributed by atoms with van der Waals surface area (Å²) in [5, 5.41) is 24.1. The lowest BCUT2D eigenvalue weighted by molar-refractivity contribution is -0.384. The maximum Gasteiger partial charge on any atom is 0.270 e. The number of nitro benzene ring substituents is 1. The Hall–Kier alpha value is -3.45. The van der Waals surface area contributed by atoms with E-state index in [1.807, 2.05) is 0 Å². The van der Waals surface area contributed by atoms with Crippen LogP contribution >= 0.6 is 0 Å². The van der Waals surface area contributed by atoms with Crippen LogP contribution in [-0.4, -0.2) is 18.5 Å². The molecular formula is C15H10N4O5S. The number of fused-ring (bicyclic) bond motifs is 1. The van der Waals surface area contributed by atoms with Gasteiger partial charge in [0.2, 0.25) is 10.0 Å². The molecule has 0 fully saturated rings. The van der Waals surface area contributed by atoms with Gasteiger partial charge in [-0.25, -0.2) is 8.42 Å². The van der Waals surface area contributed by atoms with Gasteiger partial charge < -0.3 is 4.52 Å². The first-order valence-corrected chi connectivity index (χ1v) is 8.57. The Balaban J connectivity index is 1.89. The Bertz CT molecular complexity index is 1110. The van der Waals surface area contributed by atoms with Gasteiger partial charge in [0.1, 0.15) is 17.5 Å². The van der Waals surface area contributed by atoms with Crippen molar-refractivity contribution in [1.82, 2.24) is 5.16 Å². The molecule has 0 amide bonds. The first-order valence-electron chi connectivity index (χ1n) is 6.92. The molecule has 0 saturated heterocycles. The van der Waals surface area contributed by atoms with Crippen LogP contribution in [0.3, 0.4) is 0 Å². The molecule has 3 aromatic rings. The molecule has 0 unspecified atom stereocenters. The lowest BCUT2D eigenvalue weighted by Crippen LogP contribution is -2.16. The molecule has 10 heteroatoms. The van der Waals surface area contributed by atoms with Gasteiger partial charge in [-0.3, -0.25) is 14.8 Å². The van der Waals surface area contributed by atoms with E-state index >= 15 is 0 Å². The second kappa shape index (κ2) is 6.21. The van der Waals surface area contributed by atoms with Gasteiger partial charge in [0, 0.05) is 17.5 Å². The standard InChI is InChI=1S/C15H10N4O5S/c16-8-10-7-11(19(20)21)5-6-13(10)18-25(22,23)9-14-12-3-1-2-4-15(12)24-17-14/h1-7,18H,9H2. The van der Waals surface area contributed by atoms with Gasteiger partial charge in [-0.15, -0.1) is 0 Å². The SMILES string of the molecule is N#Cc1cc([N+](=O)[O-])ccc1NS(=O)(=O)Cc1noc2ccccc12. The molecule has 2 aromatic carbocycles. The normalized spacial score (nSPS) is 11.2. The molecular weight excluding hydrogens is 348 g/mol. The minimum absolute atomic E-state index is 0.0408. The Kier molecular flexibility index (Phi) is 4.08. The lowest BCUT2D eigenvalue weighted by Gasteiger charge is -2.08. The third kappa shape index (κ3) is 3.41. The predicted molar refractivity (Wildman–Crippen MR) is 88.1 cm³/mol. The van der Waals surface area contributed by atoms with Crippen LogP contribution in [-0.2, 0) is 15.8 Å². The number of anilines is 1. The minimum Gasteiger partial charge on any atom is -0.356 e. The van der Waals surface area contributed by atoms with Crippen molar-refractivity contribution in [3.05, 3.63) is 63.8 Å². The quantitative estimate of drug-likeness (QED) is 0.546. The van der Waals surface area contributed by atoms with E-state index < -0.39 is 20.7 Å². The zero-order valence-electron chi connectivity index (χ0n) is 12.5. The molecule has 1 aromatic heterocycles. The zero-order chi connectivity index (χ0) is 18.0. The molecule has 1 heterocycles. The summed E-state index contributed by atoms with van der Waals surface area (Å²) in [5.41, 5.74) is 0.190. The first kappa shape index (κ1) is 16.4. The van der Waals surface area contributed by atoms with E-state index in [2.05, 4.69) is 9.88 Å². The van der Waals surface area contributed by atoms with Crippen molar-refractivity contribution in [1.29, 1.82) is 5.26 Å². The van der Waals surface area contributed by atoms with Crippen molar-refractivity contribution in [2.24, 2.45) is 0 Å². The number of nitro groups is 1. The van der Waals surface area contributed by atoms with Gasteiger partial charge in [0.15, 0.2) is 5.58 Å². The number of nitriles is 1. The van der Waals surface area contributed by atoms with Crippen molar-refractivity contribution in [2.45, 2.75) is 5.75 Å². The van der Waals surface area contributed by atoms with Gasteiger partial charge in [-0.2, -0.15) is 5.26 Å². The maximum atomic E-state index is 12.4. The van der Waals surface area contributed by atoms with Gasteiger partial charge in [0.05, 0.1) is 16.2 Å². The fraction of sp³-hybridized carbons (Fsp3) is 0.0667. The third-order valence-electron chi connectivity index (χ3n) is 3.38. The molecule has 0 saturated carbocycles. The average Bonchev–Trinajstić information content (AvgIpc) is 2.97. The zero-order valence-corrected chi connectivity index (χ0v) is 13.4. The highest BCUT2D eigenvalue weighted by atomic mass is 32.2. The second-order valence-corrected chi connectivity index (χ2v) is 6.81. The van der Waals surface area contributed by atoms with Crippen LogP contribution in [0.2, 0.25) is 0 Å². The third-order valence-corrected chi connectivity index (χ3v) is 4.56. The Morgan fingerprint density at radius 3 is 2.76 bits per heavy atom. The monoisotopic (exact) mass is 358 g/mol. The summed E-state index contributed by atoms with van der Waals surface area (Å²) in [7, 11) is -3.91. The molecule has 126 valence electrons. The summed E-state index contributed by atoms with van der Waals surface area (Å²) in [6, 6.07) is 11.8. The van der Waals surface area contributed by atoms with E-state index in [-0.39, 0.29) is 22.6 Å². The van der Waals surface area contributed by atoms with E-state index in [0.717, 1.165) is 12.1 Å². The Morgan fingerprint density at radius 2 is 2.04 bits per heavy atom. The van der Waals surface area contributed by atoms with Crippen molar-refractivity contribution in [3.63, 3.8) is 0 Å². The topological polar surface area (TPSA) is 139 Å². The molecule has 0 aliphatic carbocycles. The molecule has 25 heavy (non-hydrogen) atoms. The fourth-order valence-corrected chi connectivity index (χ4v) is 3.41. The lowest BCUT2D eigenvalue weighted by atomic mass is 10.2. The summed E-state index contributed by atoms with van der Waals surface area (Å²) in [6.45, 7) is 0. The van der Waals surface area contributed by atoms with Crippen molar-refractivity contribution in [3.8, 4) is 6.07 Å². The van der Waals surface area contributed by atoms with Crippen LogP contribution in [0.5, 0.6) is 0 Å². The second-order valence-electron chi connectivity index (χ2n) is 5.09. The first-order chi connectivity index (χ1) is 11.9. The Morgan fingerprint density at radius 1 is 1.28 bits per heavy atom. The molecule has 0 aliphatic rings. The van der Waals surface area contributed by atoms with Crippen molar-refractivity contribution < 1.29 is 17.9 Å². The van der Waals surface area contributed by atoms with Gasteiger partial charge in [0.25, 0.3) is 5.69 Å². The minimum atomic E-state index is -3.91. The number of rotatable bonds is 5. The number of para-hydroxylation sites is 1. The van der Waals surface area contributed by atoms with Gasteiger partial charge in [-0.1, -0.05) is 17.3 Å². The van der Waals surface area contributed by atoms with Crippen LogP contribution in [0.25, 0.3) is 11.0 Å². The number of nitrogens with zero attached hydrogens (tertiary/aromatic N) is 3. The van der Waals surface area contributed by atoms with Gasteiger partial charge in [-0.05, 0) is 18.2 Å². The molecule has 1 N–H and O–H groups in total. The number of hydrogen-bond donors (Lipinski definition) is 1. The molecule has 0 bridgehead atoms. The van der Waals surface area contributed by atoms with Crippen molar-refractivity contribution >= 4 is 32.4 Å². The van der Waals surface area contributed by atoms with E-state index in [4.69, 9.17) is 9.78 Å². The van der Waals surface area contributed by atoms with Crippen LogP contribution in [0.15, 0.2) is 47.0 Å². The highest BCUT2D eigenvalue weighted by Crippen LogP contribution is 2.24. The molecule has 3 rings (SSSR count). The summed E-state index contributed by atoms with van der Waals surface area (Å²) in [5.74, 6) is -0.466. The van der Waals surface area contributed by atoms with Gasteiger partial charge >= 0.3 is 0 Å². The molecule has 0 spiro atoms. The van der Waals surface area contributed by atoms with E-state index in [0.29, 0.717) is 11.0 Å². The summed E-state index contributed by atoms with van der Waals surface area (Å²) < 4.78 is 32.0. The van der Waals surface area contributed by atoms with Crippen molar-refractivity contribution in [2.75, 3.05) is 4.72 Å². The highest BCUT2D eigenvalue weighted by molar-refractivity contribution is 7.91. The van der Waals surface area contributed by atoms with E-state index in [9.17, 15) is 18.5 Å². The molecule has 0 aliphatic heterocycles. The summed E-state index contributed by atoms with van der Waals surface area (Å²) in [6.07, 6.45) is 0. The summed E-state index contributed by atoms with van der Waals surface area (Å²) >= 11 is 0. The smallest absolute Gasteiger partial charge is 0.270 e. The molecule has 0 radical (unpaired) electrons. The Labute approximate surface area is 141 Å². The number of sulfonamides is 1. The number of non-ortho nitro benzene ring substituents is 1. The number of benzene rings is 2. The number of aromatic nitrogens is 1. The maximum absolute atomic E-state index is 12.4. The molecule has 9 nitrogen and oxygen atoms in total. The number of hydrogen-bond acceptors (Lipinski definition) is 7. The molecule has 0 atom stereocenters. The van der Waals surface area contributed by atoms with Crippen LogP contribution in [0.4, 0.5) is 11.4 Å². The van der Waals surface area contributed by atoms with Crippen LogP contribution < -0.4 is 4.72 Å². The highest BCUT2D eigenvalue weighted by Gasteiger charge is 2.20. The van der Waals surface area contributed by atoms with Crippen LogP contribution in [0.1, 0.15) is 11.3 Å². The average molecular weight is 358 g/mol. The largest absolute Gasteiger partial charge is 0.356 e.